The molecule has 0 N–H and O–H groups in total. The molecule has 0 saturated carbocycles. The SMILES string of the molecule is c1ccc(-c2ccc3c(-c4ccccc4)cc(-c4c5ccccc5c(-c5ccc6c(c5)oc5ccccc56)c5ccccc45)cc3c2)cc1. The van der Waals surface area contributed by atoms with E-state index in [2.05, 4.69) is 170 Å². The van der Waals surface area contributed by atoms with Gasteiger partial charge in [-0.3, -0.25) is 0 Å². The molecule has 0 aliphatic heterocycles. The highest BCUT2D eigenvalue weighted by atomic mass is 16.3. The fraction of sp³-hybridized carbons (Fsp3) is 0. The maximum atomic E-state index is 6.37. The predicted octanol–water partition coefficient (Wildman–Crippen LogP) is 13.7. The van der Waals surface area contributed by atoms with Gasteiger partial charge < -0.3 is 4.42 Å². The largest absolute Gasteiger partial charge is 0.456 e. The van der Waals surface area contributed by atoms with E-state index >= 15 is 0 Å². The number of para-hydroxylation sites is 1. The molecule has 9 aromatic carbocycles. The Balaban J connectivity index is 1.27. The fourth-order valence-corrected chi connectivity index (χ4v) is 7.81. The molecule has 0 spiro atoms. The van der Waals surface area contributed by atoms with E-state index in [1.165, 1.54) is 71.3 Å². The van der Waals surface area contributed by atoms with Gasteiger partial charge in [0.15, 0.2) is 0 Å². The summed E-state index contributed by atoms with van der Waals surface area (Å²) < 4.78 is 6.37. The summed E-state index contributed by atoms with van der Waals surface area (Å²) in [5.41, 5.74) is 11.6. The molecule has 228 valence electrons. The number of fused-ring (bicyclic) bond motifs is 6. The highest BCUT2D eigenvalue weighted by Crippen LogP contribution is 2.46. The zero-order valence-corrected chi connectivity index (χ0v) is 26.7. The zero-order chi connectivity index (χ0) is 32.3. The van der Waals surface area contributed by atoms with Crippen LogP contribution < -0.4 is 0 Å². The molecule has 10 aromatic rings. The number of rotatable bonds is 4. The van der Waals surface area contributed by atoms with Crippen molar-refractivity contribution in [1.82, 2.24) is 0 Å². The smallest absolute Gasteiger partial charge is 0.136 e. The van der Waals surface area contributed by atoms with Crippen molar-refractivity contribution < 1.29 is 4.42 Å². The first-order chi connectivity index (χ1) is 24.3. The van der Waals surface area contributed by atoms with Crippen LogP contribution in [0, 0.1) is 0 Å². The predicted molar refractivity (Wildman–Crippen MR) is 208 cm³/mol. The first-order valence-electron chi connectivity index (χ1n) is 16.8. The van der Waals surface area contributed by atoms with Crippen LogP contribution in [-0.2, 0) is 0 Å². The molecule has 0 bridgehead atoms. The Hall–Kier alpha value is -6.44. The summed E-state index contributed by atoms with van der Waals surface area (Å²) in [5, 5.41) is 9.69. The molecular formula is C48H30O. The van der Waals surface area contributed by atoms with Gasteiger partial charge in [-0.1, -0.05) is 146 Å². The van der Waals surface area contributed by atoms with Gasteiger partial charge in [0.05, 0.1) is 0 Å². The lowest BCUT2D eigenvalue weighted by molar-refractivity contribution is 0.669. The Labute approximate surface area is 284 Å². The van der Waals surface area contributed by atoms with Crippen molar-refractivity contribution in [3.63, 3.8) is 0 Å². The van der Waals surface area contributed by atoms with E-state index < -0.39 is 0 Å². The summed E-state index contributed by atoms with van der Waals surface area (Å²) in [5.74, 6) is 0. The van der Waals surface area contributed by atoms with Gasteiger partial charge in [-0.2, -0.15) is 0 Å². The molecule has 1 nitrogen and oxygen atoms in total. The van der Waals surface area contributed by atoms with E-state index in [4.69, 9.17) is 4.42 Å². The monoisotopic (exact) mass is 622 g/mol. The maximum absolute atomic E-state index is 6.37. The van der Waals surface area contributed by atoms with Crippen LogP contribution >= 0.6 is 0 Å². The first-order valence-corrected chi connectivity index (χ1v) is 16.8. The Morgan fingerprint density at radius 2 is 0.755 bits per heavy atom. The molecule has 0 fully saturated rings. The van der Waals surface area contributed by atoms with Gasteiger partial charge in [-0.05, 0) is 113 Å². The van der Waals surface area contributed by atoms with Crippen LogP contribution in [0.15, 0.2) is 186 Å². The van der Waals surface area contributed by atoms with Gasteiger partial charge in [0.1, 0.15) is 11.2 Å². The van der Waals surface area contributed by atoms with E-state index in [0.29, 0.717) is 0 Å². The van der Waals surface area contributed by atoms with Gasteiger partial charge in [0, 0.05) is 10.8 Å². The summed E-state index contributed by atoms with van der Waals surface area (Å²) in [4.78, 5) is 0. The highest BCUT2D eigenvalue weighted by molar-refractivity contribution is 6.22. The van der Waals surface area contributed by atoms with Crippen molar-refractivity contribution in [3.8, 4) is 44.5 Å². The summed E-state index contributed by atoms with van der Waals surface area (Å²) in [6.07, 6.45) is 0. The molecule has 0 atom stereocenters. The van der Waals surface area contributed by atoms with Crippen molar-refractivity contribution in [1.29, 1.82) is 0 Å². The topological polar surface area (TPSA) is 13.1 Å². The van der Waals surface area contributed by atoms with Crippen molar-refractivity contribution in [3.05, 3.63) is 182 Å². The molecule has 0 aliphatic rings. The molecule has 0 radical (unpaired) electrons. The van der Waals surface area contributed by atoms with Crippen LogP contribution in [0.2, 0.25) is 0 Å². The minimum Gasteiger partial charge on any atom is -0.456 e. The van der Waals surface area contributed by atoms with Crippen LogP contribution in [-0.4, -0.2) is 0 Å². The van der Waals surface area contributed by atoms with Gasteiger partial charge in [-0.15, -0.1) is 0 Å². The first kappa shape index (κ1) is 27.7. The van der Waals surface area contributed by atoms with Crippen LogP contribution in [0.1, 0.15) is 0 Å². The summed E-state index contributed by atoms with van der Waals surface area (Å²) >= 11 is 0. The molecule has 0 unspecified atom stereocenters. The van der Waals surface area contributed by atoms with Crippen molar-refractivity contribution >= 4 is 54.3 Å². The normalized spacial score (nSPS) is 11.7. The number of furan rings is 1. The summed E-state index contributed by atoms with van der Waals surface area (Å²) in [7, 11) is 0. The third-order valence-electron chi connectivity index (χ3n) is 10.0. The average molecular weight is 623 g/mol. The van der Waals surface area contributed by atoms with Crippen molar-refractivity contribution in [2.24, 2.45) is 0 Å². The third-order valence-corrected chi connectivity index (χ3v) is 10.0. The molecule has 49 heavy (non-hydrogen) atoms. The van der Waals surface area contributed by atoms with Crippen molar-refractivity contribution in [2.75, 3.05) is 0 Å². The van der Waals surface area contributed by atoms with E-state index in [-0.39, 0.29) is 0 Å². The molecule has 0 amide bonds. The second-order valence-electron chi connectivity index (χ2n) is 12.8. The molecule has 1 aromatic heterocycles. The quantitative estimate of drug-likeness (QED) is 0.178. The Morgan fingerprint density at radius 3 is 1.43 bits per heavy atom. The molecular weight excluding hydrogens is 593 g/mol. The number of benzene rings is 9. The van der Waals surface area contributed by atoms with Gasteiger partial charge in [0.25, 0.3) is 0 Å². The lowest BCUT2D eigenvalue weighted by Crippen LogP contribution is -1.92. The number of hydrogen-bond acceptors (Lipinski definition) is 1. The Kier molecular flexibility index (Phi) is 6.25. The highest BCUT2D eigenvalue weighted by Gasteiger charge is 2.19. The summed E-state index contributed by atoms with van der Waals surface area (Å²) in [6.45, 7) is 0. The van der Waals surface area contributed by atoms with Crippen LogP contribution in [0.5, 0.6) is 0 Å². The van der Waals surface area contributed by atoms with E-state index in [1.807, 2.05) is 12.1 Å². The molecule has 0 aliphatic carbocycles. The molecule has 1 heterocycles. The van der Waals surface area contributed by atoms with E-state index in [9.17, 15) is 0 Å². The summed E-state index contributed by atoms with van der Waals surface area (Å²) in [6, 6.07) is 65.9. The second kappa shape index (κ2) is 11.1. The zero-order valence-electron chi connectivity index (χ0n) is 26.7. The average Bonchev–Trinajstić information content (AvgIpc) is 3.55. The van der Waals surface area contributed by atoms with Gasteiger partial charge in [0.2, 0.25) is 0 Å². The maximum Gasteiger partial charge on any atom is 0.136 e. The second-order valence-corrected chi connectivity index (χ2v) is 12.8. The van der Waals surface area contributed by atoms with Gasteiger partial charge >= 0.3 is 0 Å². The lowest BCUT2D eigenvalue weighted by Gasteiger charge is -2.19. The lowest BCUT2D eigenvalue weighted by atomic mass is 9.84. The van der Waals surface area contributed by atoms with Crippen LogP contribution in [0.3, 0.4) is 0 Å². The standard InChI is InChI=1S/C48H30O/c1-3-13-31(14-4-1)33-23-25-37-35(27-33)28-36(29-44(37)32-15-5-2-6-16-32)48-42-20-9-7-18-40(42)47(41-19-8-10-21-43(41)48)34-24-26-39-38-17-11-12-22-45(38)49-46(39)30-34/h1-30H. The third kappa shape index (κ3) is 4.47. The molecule has 0 saturated heterocycles. The van der Waals surface area contributed by atoms with Gasteiger partial charge in [-0.25, -0.2) is 0 Å². The minimum absolute atomic E-state index is 0.909. The van der Waals surface area contributed by atoms with Crippen LogP contribution in [0.4, 0.5) is 0 Å². The Morgan fingerprint density at radius 1 is 0.265 bits per heavy atom. The van der Waals surface area contributed by atoms with E-state index in [0.717, 1.165) is 27.5 Å². The minimum atomic E-state index is 0.909. The number of hydrogen-bond donors (Lipinski definition) is 0. The van der Waals surface area contributed by atoms with Crippen LogP contribution in [0.25, 0.3) is 98.8 Å². The van der Waals surface area contributed by atoms with Crippen molar-refractivity contribution in [2.45, 2.75) is 0 Å². The van der Waals surface area contributed by atoms with E-state index in [1.54, 1.807) is 0 Å². The Bertz CT molecular complexity index is 2800. The fourth-order valence-electron chi connectivity index (χ4n) is 7.81. The molecule has 1 heteroatoms. The molecule has 10 rings (SSSR count).